The molecule has 27 heavy (non-hydrogen) atoms. The minimum atomic E-state index is 0.553. The van der Waals surface area contributed by atoms with Crippen LogP contribution in [0.25, 0.3) is 0 Å². The molecule has 1 unspecified atom stereocenters. The molecule has 0 heterocycles. The Morgan fingerprint density at radius 2 is 1.96 bits per heavy atom. The Labute approximate surface area is 178 Å². The lowest BCUT2D eigenvalue weighted by Gasteiger charge is -2.24. The van der Waals surface area contributed by atoms with Gasteiger partial charge in [0, 0.05) is 35.8 Å². The van der Waals surface area contributed by atoms with Crippen molar-refractivity contribution in [3.8, 4) is 0 Å². The third-order valence-electron chi connectivity index (χ3n) is 4.29. The number of alkyl halides is 1. The fourth-order valence-electron chi connectivity index (χ4n) is 2.73. The first-order valence-corrected chi connectivity index (χ1v) is 11.7. The van der Waals surface area contributed by atoms with E-state index in [4.69, 9.17) is 11.6 Å². The first-order valence-electron chi connectivity index (χ1n) is 10.2. The molecule has 1 nitrogen and oxygen atoms in total. The van der Waals surface area contributed by atoms with E-state index >= 15 is 0 Å². The van der Waals surface area contributed by atoms with Gasteiger partial charge in [-0.3, -0.25) is 0 Å². The molecule has 0 rings (SSSR count). The number of unbranched alkanes of at least 4 members (excludes halogenated alkanes) is 1. The van der Waals surface area contributed by atoms with Crippen molar-refractivity contribution in [2.45, 2.75) is 59.8 Å². The monoisotopic (exact) mass is 409 g/mol. The zero-order valence-electron chi connectivity index (χ0n) is 18.1. The van der Waals surface area contributed by atoms with Gasteiger partial charge in [0.25, 0.3) is 0 Å². The van der Waals surface area contributed by atoms with Crippen LogP contribution in [0.2, 0.25) is 0 Å². The van der Waals surface area contributed by atoms with E-state index in [0.717, 1.165) is 55.2 Å². The highest BCUT2D eigenvalue weighted by atomic mass is 35.5. The summed E-state index contributed by atoms with van der Waals surface area (Å²) in [5.74, 6) is 2.32. The van der Waals surface area contributed by atoms with Crippen LogP contribution in [0.3, 0.4) is 0 Å². The second-order valence-electron chi connectivity index (χ2n) is 7.05. The Morgan fingerprint density at radius 1 is 1.26 bits per heavy atom. The molecule has 0 bridgehead atoms. The molecule has 0 aromatic rings. The van der Waals surface area contributed by atoms with Gasteiger partial charge in [0.05, 0.1) is 0 Å². The van der Waals surface area contributed by atoms with E-state index in [2.05, 4.69) is 82.7 Å². The highest BCUT2D eigenvalue weighted by molar-refractivity contribution is 8.03. The van der Waals surface area contributed by atoms with E-state index < -0.39 is 0 Å². The van der Waals surface area contributed by atoms with Crippen molar-refractivity contribution in [2.75, 3.05) is 25.2 Å². The van der Waals surface area contributed by atoms with Crippen molar-refractivity contribution in [3.05, 3.63) is 59.2 Å². The Morgan fingerprint density at radius 3 is 2.59 bits per heavy atom. The summed E-state index contributed by atoms with van der Waals surface area (Å²) in [6.45, 7) is 13.9. The summed E-state index contributed by atoms with van der Waals surface area (Å²) in [6, 6.07) is 0. The molecule has 3 heteroatoms. The zero-order chi connectivity index (χ0) is 20.5. The first kappa shape index (κ1) is 26.1. The molecule has 0 aromatic carbocycles. The van der Waals surface area contributed by atoms with Crippen LogP contribution in [0.5, 0.6) is 0 Å². The van der Waals surface area contributed by atoms with Gasteiger partial charge in [-0.25, -0.2) is 0 Å². The van der Waals surface area contributed by atoms with Gasteiger partial charge >= 0.3 is 0 Å². The predicted octanol–water partition coefficient (Wildman–Crippen LogP) is 7.97. The van der Waals surface area contributed by atoms with Crippen LogP contribution < -0.4 is 0 Å². The molecule has 0 aromatic heterocycles. The quantitative estimate of drug-likeness (QED) is 0.117. The maximum atomic E-state index is 5.80. The predicted molar refractivity (Wildman–Crippen MR) is 129 cm³/mol. The fraction of sp³-hybridized carbons (Fsp3) is 0.583. The third-order valence-corrected chi connectivity index (χ3v) is 5.66. The molecule has 0 N–H and O–H groups in total. The molecule has 154 valence electrons. The van der Waals surface area contributed by atoms with E-state index in [1.165, 1.54) is 11.3 Å². The summed E-state index contributed by atoms with van der Waals surface area (Å²) in [5, 5.41) is 0. The van der Waals surface area contributed by atoms with Crippen LogP contribution in [-0.4, -0.2) is 30.1 Å². The molecule has 0 aliphatic rings. The third kappa shape index (κ3) is 14.8. The van der Waals surface area contributed by atoms with Crippen molar-refractivity contribution in [3.63, 3.8) is 0 Å². The lowest BCUT2D eigenvalue weighted by molar-refractivity contribution is 0.389. The van der Waals surface area contributed by atoms with Crippen LogP contribution in [0.1, 0.15) is 59.8 Å². The normalized spacial score (nSPS) is 14.3. The lowest BCUT2D eigenvalue weighted by Crippen LogP contribution is -2.20. The number of nitrogens with zero attached hydrogens (tertiary/aromatic N) is 1. The van der Waals surface area contributed by atoms with Gasteiger partial charge in [0.1, 0.15) is 0 Å². The highest BCUT2D eigenvalue weighted by Crippen LogP contribution is 2.19. The molecular formula is C24H40ClNS. The molecule has 0 amide bonds. The topological polar surface area (TPSA) is 3.24 Å². The van der Waals surface area contributed by atoms with Crippen molar-refractivity contribution < 1.29 is 0 Å². The largest absolute Gasteiger partial charge is 0.378 e. The van der Waals surface area contributed by atoms with Gasteiger partial charge in [-0.1, -0.05) is 62.5 Å². The van der Waals surface area contributed by atoms with Crippen molar-refractivity contribution in [1.82, 2.24) is 4.90 Å². The average molecular weight is 410 g/mol. The minimum absolute atomic E-state index is 0.553. The molecule has 0 aliphatic heterocycles. The summed E-state index contributed by atoms with van der Waals surface area (Å²) in [7, 11) is 2.16. The number of hydrogen-bond donors (Lipinski definition) is 0. The number of hydrogen-bond acceptors (Lipinski definition) is 2. The molecule has 0 fully saturated rings. The van der Waals surface area contributed by atoms with Crippen molar-refractivity contribution in [1.29, 1.82) is 0 Å². The van der Waals surface area contributed by atoms with Crippen LogP contribution in [0, 0.1) is 5.92 Å². The van der Waals surface area contributed by atoms with Crippen LogP contribution in [0.15, 0.2) is 59.2 Å². The molecule has 0 radical (unpaired) electrons. The Hall–Kier alpha value is -0.860. The van der Waals surface area contributed by atoms with E-state index in [9.17, 15) is 0 Å². The smallest absolute Gasteiger partial charge is 0.0240 e. The molecule has 1 atom stereocenters. The van der Waals surface area contributed by atoms with Gasteiger partial charge in [-0.05, 0) is 51.9 Å². The summed E-state index contributed by atoms with van der Waals surface area (Å²) in [4.78, 5) is 3.48. The summed E-state index contributed by atoms with van der Waals surface area (Å²) < 4.78 is 0. The van der Waals surface area contributed by atoms with Crippen LogP contribution in [0.4, 0.5) is 0 Å². The second-order valence-corrected chi connectivity index (χ2v) is 8.53. The minimum Gasteiger partial charge on any atom is -0.378 e. The van der Waals surface area contributed by atoms with E-state index in [-0.39, 0.29) is 0 Å². The Kier molecular flexibility index (Phi) is 16.7. The maximum absolute atomic E-state index is 5.80. The maximum Gasteiger partial charge on any atom is 0.0240 e. The standard InChI is InChI=1S/C24H40ClNS/c1-7-14-22(4)20-27-23(5)16-12-10-9-11-15-21(3)19-24(8-2)26(6)18-13-17-25/h8,11-12,14-16,21H,5,7,9-10,13,17-20H2,1-4,6H3/b15-11+,16-12-,22-14+,24-8-. The van der Waals surface area contributed by atoms with Gasteiger partial charge < -0.3 is 4.90 Å². The highest BCUT2D eigenvalue weighted by Gasteiger charge is 2.06. The van der Waals surface area contributed by atoms with Gasteiger partial charge in [0.15, 0.2) is 0 Å². The van der Waals surface area contributed by atoms with E-state index in [1.54, 1.807) is 0 Å². The number of rotatable bonds is 15. The average Bonchev–Trinajstić information content (AvgIpc) is 2.65. The lowest BCUT2D eigenvalue weighted by atomic mass is 10.0. The van der Waals surface area contributed by atoms with Gasteiger partial charge in [0.2, 0.25) is 0 Å². The molecule has 0 saturated heterocycles. The SMILES string of the molecule is C=C(/C=C\CC/C=C/C(C)C/C(=C/C)N(C)CCCCl)SC/C(C)=C/CC. The fourth-order valence-corrected chi connectivity index (χ4v) is 3.57. The molecule has 0 saturated carbocycles. The van der Waals surface area contributed by atoms with Crippen molar-refractivity contribution >= 4 is 23.4 Å². The van der Waals surface area contributed by atoms with Gasteiger partial charge in [-0.15, -0.1) is 23.4 Å². The number of halogens is 1. The van der Waals surface area contributed by atoms with Crippen molar-refractivity contribution in [2.24, 2.45) is 5.92 Å². The Balaban J connectivity index is 4.10. The zero-order valence-corrected chi connectivity index (χ0v) is 19.7. The van der Waals surface area contributed by atoms with E-state index in [1.807, 2.05) is 11.8 Å². The van der Waals surface area contributed by atoms with Crippen LogP contribution >= 0.6 is 23.4 Å². The number of allylic oxidation sites excluding steroid dienone is 7. The Bertz CT molecular complexity index is 516. The summed E-state index contributed by atoms with van der Waals surface area (Å²) in [6.07, 6.45) is 18.9. The molecular weight excluding hydrogens is 370 g/mol. The van der Waals surface area contributed by atoms with Gasteiger partial charge in [-0.2, -0.15) is 0 Å². The van der Waals surface area contributed by atoms with Crippen LogP contribution in [-0.2, 0) is 0 Å². The molecule has 0 spiro atoms. The molecule has 0 aliphatic carbocycles. The first-order chi connectivity index (χ1) is 12.9. The van der Waals surface area contributed by atoms with E-state index in [0.29, 0.717) is 5.92 Å². The number of thioether (sulfide) groups is 1. The summed E-state index contributed by atoms with van der Waals surface area (Å²) >= 11 is 7.62. The summed E-state index contributed by atoms with van der Waals surface area (Å²) in [5.41, 5.74) is 2.83. The second kappa shape index (κ2) is 17.3.